The normalized spacial score (nSPS) is 15.3. The zero-order chi connectivity index (χ0) is 24.4. The van der Waals surface area contributed by atoms with Crippen LogP contribution in [0.5, 0.6) is 5.75 Å². The van der Waals surface area contributed by atoms with Gasteiger partial charge in [0.15, 0.2) is 5.75 Å². The predicted octanol–water partition coefficient (Wildman–Crippen LogP) is 5.48. The maximum absolute atomic E-state index is 13.6. The molecule has 0 saturated heterocycles. The number of esters is 1. The largest absolute Gasteiger partial charge is 0.526 e. The highest BCUT2D eigenvalue weighted by atomic mass is 31.1. The molecule has 1 aromatic heterocycles. The van der Waals surface area contributed by atoms with E-state index in [2.05, 4.69) is 0 Å². The van der Waals surface area contributed by atoms with Gasteiger partial charge >= 0.3 is 19.2 Å². The number of pyridine rings is 1. The molecule has 174 valence electrons. The highest BCUT2D eigenvalue weighted by molar-refractivity contribution is 7.41. The molecule has 0 spiro atoms. The number of benzene rings is 1. The number of carbonyl (C=O) groups excluding carboxylic acids is 1. The Kier molecular flexibility index (Phi) is 7.92. The molecule has 0 bridgehead atoms. The minimum absolute atomic E-state index is 0.0917. The van der Waals surface area contributed by atoms with Gasteiger partial charge in [-0.15, -0.1) is 0 Å². The molecule has 0 radical (unpaired) electrons. The van der Waals surface area contributed by atoms with Gasteiger partial charge in [-0.05, 0) is 41.2 Å². The maximum atomic E-state index is 13.6. The zero-order valence-electron chi connectivity index (χ0n) is 19.6. The van der Waals surface area contributed by atoms with Gasteiger partial charge in [0.25, 0.3) is 0 Å². The van der Waals surface area contributed by atoms with Crippen molar-refractivity contribution in [3.63, 3.8) is 0 Å². The first-order valence-corrected chi connectivity index (χ1v) is 11.8. The van der Waals surface area contributed by atoms with Crippen molar-refractivity contribution in [2.45, 2.75) is 77.5 Å². The lowest BCUT2D eigenvalue weighted by Crippen LogP contribution is -2.47. The topological polar surface area (TPSA) is 96.7 Å². The van der Waals surface area contributed by atoms with E-state index in [1.807, 2.05) is 34.6 Å². The minimum atomic E-state index is -3.09. The number of hydrogen-bond acceptors (Lipinski definition) is 5. The summed E-state index contributed by atoms with van der Waals surface area (Å²) in [6.45, 7) is 12.6. The summed E-state index contributed by atoms with van der Waals surface area (Å²) >= 11 is 0. The van der Waals surface area contributed by atoms with Crippen LogP contribution in [0.15, 0.2) is 30.3 Å². The summed E-state index contributed by atoms with van der Waals surface area (Å²) in [5, 5.41) is 8.25. The van der Waals surface area contributed by atoms with Crippen molar-refractivity contribution in [3.05, 3.63) is 47.5 Å². The molecule has 1 heterocycles. The standard InChI is InChI=1S/C24H31FNO5P/c1-8-24(15(4)27,32(29)30)22(28)31-21-18(16-9-11-17(25)12-10-16)13-19(23(5,6)7)26-20(21)14(2)3/h9-15,27H,8H2,1-7H3/p+1. The Morgan fingerprint density at radius 1 is 1.19 bits per heavy atom. The Labute approximate surface area is 189 Å². The van der Waals surface area contributed by atoms with E-state index in [0.29, 0.717) is 16.8 Å². The molecule has 0 aliphatic rings. The van der Waals surface area contributed by atoms with Crippen LogP contribution >= 0.6 is 8.03 Å². The summed E-state index contributed by atoms with van der Waals surface area (Å²) in [6, 6.07) is 7.56. The van der Waals surface area contributed by atoms with Crippen molar-refractivity contribution in [2.24, 2.45) is 0 Å². The molecule has 2 aromatic rings. The minimum Gasteiger partial charge on any atom is -0.420 e. The van der Waals surface area contributed by atoms with Gasteiger partial charge < -0.3 is 9.84 Å². The Morgan fingerprint density at radius 3 is 2.16 bits per heavy atom. The number of aromatic nitrogens is 1. The highest BCUT2D eigenvalue weighted by Gasteiger charge is 2.61. The average molecular weight is 464 g/mol. The Morgan fingerprint density at radius 2 is 1.75 bits per heavy atom. The van der Waals surface area contributed by atoms with Gasteiger partial charge in [-0.2, -0.15) is 4.89 Å². The van der Waals surface area contributed by atoms with Crippen molar-refractivity contribution >= 4 is 14.0 Å². The second-order valence-corrected chi connectivity index (χ2v) is 10.6. The van der Waals surface area contributed by atoms with E-state index in [1.165, 1.54) is 19.1 Å². The van der Waals surface area contributed by atoms with E-state index in [-0.39, 0.29) is 23.5 Å². The summed E-state index contributed by atoms with van der Waals surface area (Å²) in [5.41, 5.74) is 2.06. The lowest BCUT2D eigenvalue weighted by molar-refractivity contribution is -0.140. The molecule has 8 heteroatoms. The first-order valence-electron chi connectivity index (χ1n) is 10.6. The summed E-state index contributed by atoms with van der Waals surface area (Å²) in [7, 11) is -3.09. The van der Waals surface area contributed by atoms with Gasteiger partial charge in [-0.3, -0.25) is 4.98 Å². The highest BCUT2D eigenvalue weighted by Crippen LogP contribution is 2.45. The maximum Gasteiger partial charge on any atom is 0.526 e. The Hall–Kier alpha value is -2.21. The van der Waals surface area contributed by atoms with Crippen molar-refractivity contribution in [1.82, 2.24) is 4.98 Å². The molecule has 6 nitrogen and oxygen atoms in total. The van der Waals surface area contributed by atoms with Crippen LogP contribution in [-0.2, 0) is 14.8 Å². The van der Waals surface area contributed by atoms with E-state index >= 15 is 0 Å². The summed E-state index contributed by atoms with van der Waals surface area (Å²) < 4.78 is 31.5. The molecular formula is C24H32FNO5P+. The van der Waals surface area contributed by atoms with Gasteiger partial charge in [0.1, 0.15) is 11.9 Å². The molecule has 0 amide bonds. The first kappa shape index (κ1) is 26.0. The first-order chi connectivity index (χ1) is 14.7. The smallest absolute Gasteiger partial charge is 0.420 e. The molecule has 3 unspecified atom stereocenters. The van der Waals surface area contributed by atoms with Crippen LogP contribution in [0.1, 0.15) is 72.2 Å². The molecule has 32 heavy (non-hydrogen) atoms. The van der Waals surface area contributed by atoms with Crippen LogP contribution in [0, 0.1) is 5.82 Å². The molecular weight excluding hydrogens is 432 g/mol. The van der Waals surface area contributed by atoms with E-state index in [9.17, 15) is 23.7 Å². The summed E-state index contributed by atoms with van der Waals surface area (Å²) in [4.78, 5) is 27.9. The van der Waals surface area contributed by atoms with Crippen molar-refractivity contribution in [3.8, 4) is 16.9 Å². The zero-order valence-corrected chi connectivity index (χ0v) is 20.5. The lowest BCUT2D eigenvalue weighted by Gasteiger charge is -2.26. The van der Waals surface area contributed by atoms with Crippen LogP contribution in [-0.4, -0.2) is 32.2 Å². The number of aliphatic hydroxyl groups excluding tert-OH is 1. The fourth-order valence-corrected chi connectivity index (χ4v) is 4.24. The van der Waals surface area contributed by atoms with E-state index in [4.69, 9.17) is 9.72 Å². The molecule has 0 saturated carbocycles. The Balaban J connectivity index is 2.81. The third-order valence-electron chi connectivity index (χ3n) is 5.59. The van der Waals surface area contributed by atoms with Crippen LogP contribution in [0.4, 0.5) is 4.39 Å². The van der Waals surface area contributed by atoms with Gasteiger partial charge in [0.2, 0.25) is 0 Å². The van der Waals surface area contributed by atoms with Gasteiger partial charge in [-0.25, -0.2) is 9.18 Å². The summed E-state index contributed by atoms with van der Waals surface area (Å²) in [5.74, 6) is -1.42. The quantitative estimate of drug-likeness (QED) is 0.416. The number of nitrogens with zero attached hydrogens (tertiary/aromatic N) is 1. The Bertz CT molecular complexity index is 999. The molecule has 0 fully saturated rings. The van der Waals surface area contributed by atoms with Gasteiger partial charge in [0.05, 0.1) is 5.69 Å². The number of hydrogen-bond donors (Lipinski definition) is 2. The van der Waals surface area contributed by atoms with Crippen LogP contribution < -0.4 is 4.74 Å². The molecule has 0 aliphatic carbocycles. The van der Waals surface area contributed by atoms with Crippen molar-refractivity contribution in [1.29, 1.82) is 0 Å². The number of carbonyl (C=O) groups is 1. The third kappa shape index (κ3) is 5.06. The SMILES string of the molecule is CCC(C(=O)Oc1c(-c2ccc(F)cc2)cc(C(C)(C)C)nc1C(C)C)(C(C)O)[P+](=O)O. The number of aliphatic hydroxyl groups is 1. The third-order valence-corrected chi connectivity index (χ3v) is 7.14. The van der Waals surface area contributed by atoms with Crippen LogP contribution in [0.2, 0.25) is 0 Å². The van der Waals surface area contributed by atoms with Gasteiger partial charge in [-0.1, -0.05) is 53.7 Å². The van der Waals surface area contributed by atoms with Crippen molar-refractivity contribution in [2.75, 3.05) is 0 Å². The lowest BCUT2D eigenvalue weighted by atomic mass is 9.88. The van der Waals surface area contributed by atoms with E-state index < -0.39 is 31.1 Å². The number of ether oxygens (including phenoxy) is 1. The van der Waals surface area contributed by atoms with Crippen LogP contribution in [0.3, 0.4) is 0 Å². The number of halogens is 1. The summed E-state index contributed by atoms with van der Waals surface area (Å²) in [6.07, 6.45) is -1.50. The molecule has 1 aromatic carbocycles. The molecule has 0 aliphatic heterocycles. The second kappa shape index (κ2) is 9.74. The van der Waals surface area contributed by atoms with Crippen molar-refractivity contribution < 1.29 is 28.5 Å². The average Bonchev–Trinajstić information content (AvgIpc) is 2.68. The predicted molar refractivity (Wildman–Crippen MR) is 123 cm³/mol. The second-order valence-electron chi connectivity index (χ2n) is 9.30. The van der Waals surface area contributed by atoms with Gasteiger partial charge in [0, 0.05) is 23.1 Å². The fourth-order valence-electron chi connectivity index (χ4n) is 3.44. The fraction of sp³-hybridized carbons (Fsp3) is 0.500. The molecule has 2 rings (SSSR count). The number of rotatable bonds is 7. The van der Waals surface area contributed by atoms with E-state index in [1.54, 1.807) is 25.1 Å². The molecule has 3 atom stereocenters. The van der Waals surface area contributed by atoms with E-state index in [0.717, 1.165) is 5.69 Å². The molecule has 2 N–H and O–H groups in total. The van der Waals surface area contributed by atoms with Crippen LogP contribution in [0.25, 0.3) is 11.1 Å². The monoisotopic (exact) mass is 464 g/mol.